The summed E-state index contributed by atoms with van der Waals surface area (Å²) in [5, 5.41) is 9.22. The second-order valence-corrected chi connectivity index (χ2v) is 7.96. The minimum atomic E-state index is -0.788. The van der Waals surface area contributed by atoms with Crippen LogP contribution in [-0.2, 0) is 17.6 Å². The van der Waals surface area contributed by atoms with Gasteiger partial charge in [0, 0.05) is 17.5 Å². The van der Waals surface area contributed by atoms with Gasteiger partial charge in [-0.2, -0.15) is 0 Å². The normalized spacial score (nSPS) is 28.3. The fraction of sp³-hybridized carbons (Fsp3) is 0.647. The van der Waals surface area contributed by atoms with Gasteiger partial charge in [-0.1, -0.05) is 6.92 Å². The molecule has 0 radical (unpaired) electrons. The Labute approximate surface area is 135 Å². The quantitative estimate of drug-likeness (QED) is 0.910. The minimum absolute atomic E-state index is 0.0190. The number of carboxylic acids is 1. The number of carbonyl (C=O) groups excluding carboxylic acids is 1. The summed E-state index contributed by atoms with van der Waals surface area (Å²) in [4.78, 5) is 28.0. The van der Waals surface area contributed by atoms with E-state index in [1.807, 2.05) is 6.92 Å². The molecule has 3 rings (SSSR count). The van der Waals surface area contributed by atoms with Gasteiger partial charge < -0.3 is 10.0 Å². The molecule has 2 aliphatic rings. The van der Waals surface area contributed by atoms with Crippen LogP contribution in [0.4, 0.5) is 0 Å². The zero-order valence-corrected chi connectivity index (χ0v) is 14.0. The van der Waals surface area contributed by atoms with Crippen molar-refractivity contribution in [2.45, 2.75) is 52.0 Å². The number of likely N-dealkylation sites (tertiary alicyclic amines) is 1. The van der Waals surface area contributed by atoms with E-state index in [2.05, 4.69) is 13.0 Å². The molecule has 2 heterocycles. The summed E-state index contributed by atoms with van der Waals surface area (Å²) in [5.41, 5.74) is 1.33. The van der Waals surface area contributed by atoms with E-state index in [4.69, 9.17) is 0 Å². The van der Waals surface area contributed by atoms with Gasteiger partial charge >= 0.3 is 5.97 Å². The number of fused-ring (bicyclic) bond motifs is 1. The first-order valence-corrected chi connectivity index (χ1v) is 8.92. The number of aryl methyl sites for hydroxylation is 1. The zero-order chi connectivity index (χ0) is 15.9. The predicted molar refractivity (Wildman–Crippen MR) is 86.4 cm³/mol. The maximum absolute atomic E-state index is 12.8. The fourth-order valence-corrected chi connectivity index (χ4v) is 4.71. The van der Waals surface area contributed by atoms with E-state index in [1.54, 1.807) is 16.2 Å². The lowest BCUT2D eigenvalue weighted by molar-refractivity contribution is -0.143. The van der Waals surface area contributed by atoms with Gasteiger partial charge in [-0.15, -0.1) is 11.3 Å². The number of rotatable bonds is 2. The molecule has 4 nitrogen and oxygen atoms in total. The van der Waals surface area contributed by atoms with Crippen LogP contribution in [0.2, 0.25) is 0 Å². The Hall–Kier alpha value is -1.36. The number of hydrogen-bond acceptors (Lipinski definition) is 3. The maximum Gasteiger partial charge on any atom is 0.308 e. The molecule has 0 spiro atoms. The van der Waals surface area contributed by atoms with Crippen molar-refractivity contribution < 1.29 is 14.7 Å². The number of carbonyl (C=O) groups is 2. The molecule has 1 fully saturated rings. The lowest BCUT2D eigenvalue weighted by Crippen LogP contribution is -2.47. The van der Waals surface area contributed by atoms with E-state index in [0.717, 1.165) is 24.1 Å². The van der Waals surface area contributed by atoms with Crippen LogP contribution < -0.4 is 0 Å². The molecule has 3 unspecified atom stereocenters. The highest BCUT2D eigenvalue weighted by atomic mass is 32.1. The Morgan fingerprint density at radius 3 is 2.77 bits per heavy atom. The first kappa shape index (κ1) is 15.5. The minimum Gasteiger partial charge on any atom is -0.481 e. The molecular weight excluding hydrogens is 298 g/mol. The molecule has 120 valence electrons. The van der Waals surface area contributed by atoms with E-state index < -0.39 is 11.9 Å². The van der Waals surface area contributed by atoms with Gasteiger partial charge in [0.2, 0.25) is 0 Å². The van der Waals surface area contributed by atoms with Crippen LogP contribution in [0.3, 0.4) is 0 Å². The Kier molecular flexibility index (Phi) is 4.26. The van der Waals surface area contributed by atoms with E-state index in [0.29, 0.717) is 18.9 Å². The number of aliphatic carboxylic acids is 1. The lowest BCUT2D eigenvalue weighted by atomic mass is 9.90. The van der Waals surface area contributed by atoms with Crippen LogP contribution in [-0.4, -0.2) is 34.5 Å². The Morgan fingerprint density at radius 1 is 1.27 bits per heavy atom. The van der Waals surface area contributed by atoms with E-state index in [1.165, 1.54) is 16.9 Å². The third-order valence-electron chi connectivity index (χ3n) is 5.03. The summed E-state index contributed by atoms with van der Waals surface area (Å²) in [6.07, 6.45) is 4.76. The van der Waals surface area contributed by atoms with Gasteiger partial charge in [0.25, 0.3) is 5.91 Å². The van der Waals surface area contributed by atoms with Crippen LogP contribution in [0.1, 0.15) is 53.2 Å². The van der Waals surface area contributed by atoms with Crippen LogP contribution in [0.15, 0.2) is 6.07 Å². The monoisotopic (exact) mass is 321 g/mol. The largest absolute Gasteiger partial charge is 0.481 e. The van der Waals surface area contributed by atoms with Crippen molar-refractivity contribution in [3.05, 3.63) is 21.4 Å². The highest BCUT2D eigenvalue weighted by Gasteiger charge is 2.34. The predicted octanol–water partition coefficient (Wildman–Crippen LogP) is 3.20. The average Bonchev–Trinajstić information content (AvgIpc) is 2.89. The summed E-state index contributed by atoms with van der Waals surface area (Å²) < 4.78 is 0. The summed E-state index contributed by atoms with van der Waals surface area (Å²) in [6.45, 7) is 4.62. The fourth-order valence-electron chi connectivity index (χ4n) is 3.54. The lowest BCUT2D eigenvalue weighted by Gasteiger charge is -2.36. The molecule has 5 heteroatoms. The van der Waals surface area contributed by atoms with Gasteiger partial charge in [0.15, 0.2) is 0 Å². The molecule has 1 N–H and O–H groups in total. The summed E-state index contributed by atoms with van der Waals surface area (Å²) in [6, 6.07) is 2.18. The number of nitrogens with zero attached hydrogens (tertiary/aromatic N) is 1. The number of thiophene rings is 1. The third-order valence-corrected chi connectivity index (χ3v) is 6.26. The second-order valence-electron chi connectivity index (χ2n) is 6.83. The molecule has 0 bridgehead atoms. The molecule has 3 atom stereocenters. The van der Waals surface area contributed by atoms with E-state index in [-0.39, 0.29) is 11.9 Å². The number of hydrogen-bond donors (Lipinski definition) is 1. The second kappa shape index (κ2) is 6.03. The van der Waals surface area contributed by atoms with Crippen molar-refractivity contribution >= 4 is 23.2 Å². The van der Waals surface area contributed by atoms with Gasteiger partial charge in [0.05, 0.1) is 10.8 Å². The maximum atomic E-state index is 12.8. The van der Waals surface area contributed by atoms with Crippen molar-refractivity contribution in [2.24, 2.45) is 11.8 Å². The first-order valence-electron chi connectivity index (χ1n) is 8.11. The molecule has 1 aromatic heterocycles. The molecule has 0 saturated carbocycles. The van der Waals surface area contributed by atoms with Gasteiger partial charge in [-0.05, 0) is 56.6 Å². The topological polar surface area (TPSA) is 57.6 Å². The van der Waals surface area contributed by atoms with Crippen molar-refractivity contribution in [1.29, 1.82) is 0 Å². The Bertz CT molecular complexity index is 595. The molecule has 1 aromatic rings. The average molecular weight is 321 g/mol. The van der Waals surface area contributed by atoms with Crippen molar-refractivity contribution in [1.82, 2.24) is 4.90 Å². The van der Waals surface area contributed by atoms with E-state index >= 15 is 0 Å². The van der Waals surface area contributed by atoms with Crippen LogP contribution in [0.25, 0.3) is 0 Å². The zero-order valence-electron chi connectivity index (χ0n) is 13.2. The first-order chi connectivity index (χ1) is 10.5. The molecular formula is C17H23NO3S. The highest BCUT2D eigenvalue weighted by molar-refractivity contribution is 7.14. The van der Waals surface area contributed by atoms with Crippen molar-refractivity contribution in [2.75, 3.05) is 6.54 Å². The summed E-state index contributed by atoms with van der Waals surface area (Å²) in [7, 11) is 0. The third kappa shape index (κ3) is 2.91. The Morgan fingerprint density at radius 2 is 2.05 bits per heavy atom. The highest BCUT2D eigenvalue weighted by Crippen LogP contribution is 2.34. The van der Waals surface area contributed by atoms with Crippen LogP contribution in [0.5, 0.6) is 0 Å². The van der Waals surface area contributed by atoms with Gasteiger partial charge in [-0.3, -0.25) is 9.59 Å². The Balaban J connectivity index is 1.79. The molecule has 1 aliphatic heterocycles. The number of carboxylic acid groups (broad SMARTS) is 1. The molecule has 1 amide bonds. The molecule has 0 aromatic carbocycles. The molecule has 1 saturated heterocycles. The summed E-state index contributed by atoms with van der Waals surface area (Å²) >= 11 is 1.61. The number of piperidine rings is 1. The van der Waals surface area contributed by atoms with Crippen LogP contribution >= 0.6 is 11.3 Å². The van der Waals surface area contributed by atoms with Crippen molar-refractivity contribution in [3.8, 4) is 0 Å². The van der Waals surface area contributed by atoms with Gasteiger partial charge in [-0.25, -0.2) is 0 Å². The number of amides is 1. The van der Waals surface area contributed by atoms with Crippen LogP contribution in [0, 0.1) is 11.8 Å². The SMILES string of the molecule is CC1CCc2sc(C(=O)N3CC(C(=O)O)CCC3C)cc2C1. The van der Waals surface area contributed by atoms with Gasteiger partial charge in [0.1, 0.15) is 0 Å². The van der Waals surface area contributed by atoms with E-state index in [9.17, 15) is 14.7 Å². The molecule has 22 heavy (non-hydrogen) atoms. The smallest absolute Gasteiger partial charge is 0.308 e. The standard InChI is InChI=1S/C17H23NO3S/c1-10-3-6-14-13(7-10)8-15(22-14)16(19)18-9-12(17(20)21)5-4-11(18)2/h8,10-12H,3-7,9H2,1-2H3,(H,20,21). The summed E-state index contributed by atoms with van der Waals surface area (Å²) in [5.74, 6) is -0.500. The molecule has 1 aliphatic carbocycles. The van der Waals surface area contributed by atoms with Crippen molar-refractivity contribution in [3.63, 3.8) is 0 Å².